The number of carbonyl (C=O) groups is 1. The van der Waals surface area contributed by atoms with Crippen molar-refractivity contribution in [1.82, 2.24) is 5.32 Å². The van der Waals surface area contributed by atoms with Gasteiger partial charge in [-0.15, -0.1) is 6.42 Å². The van der Waals surface area contributed by atoms with E-state index >= 15 is 0 Å². The highest BCUT2D eigenvalue weighted by Crippen LogP contribution is 2.16. The van der Waals surface area contributed by atoms with Crippen LogP contribution in [0.4, 0.5) is 4.79 Å². The third-order valence-electron chi connectivity index (χ3n) is 1.62. The van der Waals surface area contributed by atoms with E-state index in [0.29, 0.717) is 0 Å². The van der Waals surface area contributed by atoms with E-state index in [1.165, 1.54) is 0 Å². The summed E-state index contributed by atoms with van der Waals surface area (Å²) in [4.78, 5) is 10.2. The zero-order chi connectivity index (χ0) is 8.27. The van der Waals surface area contributed by atoms with Crippen LogP contribution in [0, 0.1) is 12.3 Å². The predicted molar refractivity (Wildman–Crippen MR) is 41.1 cm³/mol. The molecule has 0 aliphatic heterocycles. The first-order chi connectivity index (χ1) is 5.22. The molecule has 1 aliphatic rings. The van der Waals surface area contributed by atoms with Gasteiger partial charge in [0.05, 0.1) is 6.04 Å². The highest BCUT2D eigenvalue weighted by atomic mass is 16.4. The maximum absolute atomic E-state index is 10.2. The lowest BCUT2D eigenvalue weighted by Gasteiger charge is -2.04. The molecule has 1 aliphatic carbocycles. The van der Waals surface area contributed by atoms with Gasteiger partial charge in [0.2, 0.25) is 0 Å². The summed E-state index contributed by atoms with van der Waals surface area (Å²) >= 11 is 0. The summed E-state index contributed by atoms with van der Waals surface area (Å²) in [7, 11) is 0. The SMILES string of the molecule is C#CC1=CC(NC(=O)O)CC1. The molecule has 11 heavy (non-hydrogen) atoms. The molecular weight excluding hydrogens is 142 g/mol. The Morgan fingerprint density at radius 2 is 2.64 bits per heavy atom. The van der Waals surface area contributed by atoms with Gasteiger partial charge in [-0.3, -0.25) is 0 Å². The monoisotopic (exact) mass is 151 g/mol. The fraction of sp³-hybridized carbons (Fsp3) is 0.375. The molecule has 0 aromatic heterocycles. The Labute approximate surface area is 65.1 Å². The first-order valence-electron chi connectivity index (χ1n) is 3.39. The molecular formula is C8H9NO2. The number of hydrogen-bond donors (Lipinski definition) is 2. The lowest BCUT2D eigenvalue weighted by Crippen LogP contribution is -2.30. The molecule has 0 saturated carbocycles. The molecule has 0 heterocycles. The molecule has 1 amide bonds. The van der Waals surface area contributed by atoms with Crippen molar-refractivity contribution in [3.8, 4) is 12.3 Å². The minimum absolute atomic E-state index is 0.0847. The van der Waals surface area contributed by atoms with E-state index in [2.05, 4.69) is 11.2 Å². The topological polar surface area (TPSA) is 49.3 Å². The molecule has 0 aromatic carbocycles. The Morgan fingerprint density at radius 1 is 1.91 bits per heavy atom. The van der Waals surface area contributed by atoms with Crippen LogP contribution in [0.1, 0.15) is 12.8 Å². The van der Waals surface area contributed by atoms with Gasteiger partial charge in [0, 0.05) is 0 Å². The zero-order valence-electron chi connectivity index (χ0n) is 6.00. The van der Waals surface area contributed by atoms with Crippen LogP contribution in [0.25, 0.3) is 0 Å². The number of hydrogen-bond acceptors (Lipinski definition) is 1. The van der Waals surface area contributed by atoms with E-state index in [4.69, 9.17) is 11.5 Å². The normalized spacial score (nSPS) is 22.1. The highest BCUT2D eigenvalue weighted by molar-refractivity contribution is 5.65. The molecule has 0 fully saturated rings. The van der Waals surface area contributed by atoms with Gasteiger partial charge < -0.3 is 10.4 Å². The van der Waals surface area contributed by atoms with Gasteiger partial charge in [0.15, 0.2) is 0 Å². The van der Waals surface area contributed by atoms with Crippen molar-refractivity contribution >= 4 is 6.09 Å². The third kappa shape index (κ3) is 2.01. The van der Waals surface area contributed by atoms with Crippen molar-refractivity contribution in [2.24, 2.45) is 0 Å². The summed E-state index contributed by atoms with van der Waals surface area (Å²) in [5, 5.41) is 10.7. The summed E-state index contributed by atoms with van der Waals surface area (Å²) in [6, 6.07) is -0.0847. The third-order valence-corrected chi connectivity index (χ3v) is 1.62. The van der Waals surface area contributed by atoms with Crippen molar-refractivity contribution in [3.63, 3.8) is 0 Å². The average Bonchev–Trinajstić information content (AvgIpc) is 2.34. The first-order valence-corrected chi connectivity index (χ1v) is 3.39. The van der Waals surface area contributed by atoms with Gasteiger partial charge in [-0.1, -0.05) is 12.0 Å². The summed E-state index contributed by atoms with van der Waals surface area (Å²) in [6.07, 6.45) is 7.51. The molecule has 58 valence electrons. The van der Waals surface area contributed by atoms with Gasteiger partial charge in [0.25, 0.3) is 0 Å². The summed E-state index contributed by atoms with van der Waals surface area (Å²) in [5.74, 6) is 2.50. The quantitative estimate of drug-likeness (QED) is 0.549. The molecule has 3 heteroatoms. The molecule has 0 bridgehead atoms. The van der Waals surface area contributed by atoms with Crippen molar-refractivity contribution in [2.45, 2.75) is 18.9 Å². The molecule has 0 saturated heterocycles. The van der Waals surface area contributed by atoms with Crippen LogP contribution in [0.15, 0.2) is 11.6 Å². The Balaban J connectivity index is 2.48. The maximum atomic E-state index is 10.2. The van der Waals surface area contributed by atoms with Gasteiger partial charge >= 0.3 is 6.09 Å². The lowest BCUT2D eigenvalue weighted by atomic mass is 10.2. The summed E-state index contributed by atoms with van der Waals surface area (Å²) in [6.45, 7) is 0. The minimum atomic E-state index is -0.996. The van der Waals surface area contributed by atoms with Gasteiger partial charge in [-0.2, -0.15) is 0 Å². The fourth-order valence-corrected chi connectivity index (χ4v) is 1.11. The van der Waals surface area contributed by atoms with Crippen LogP contribution >= 0.6 is 0 Å². The highest BCUT2D eigenvalue weighted by Gasteiger charge is 2.15. The molecule has 0 spiro atoms. The fourth-order valence-electron chi connectivity index (χ4n) is 1.11. The van der Waals surface area contributed by atoms with Crippen molar-refractivity contribution < 1.29 is 9.90 Å². The molecule has 1 rings (SSSR count). The Hall–Kier alpha value is -1.43. The number of amides is 1. The van der Waals surface area contributed by atoms with E-state index in [1.807, 2.05) is 0 Å². The van der Waals surface area contributed by atoms with Gasteiger partial charge in [0.1, 0.15) is 0 Å². The number of rotatable bonds is 1. The Bertz CT molecular complexity index is 237. The lowest BCUT2D eigenvalue weighted by molar-refractivity contribution is 0.192. The number of allylic oxidation sites excluding steroid dienone is 1. The Kier molecular flexibility index (Phi) is 2.17. The zero-order valence-corrected chi connectivity index (χ0v) is 6.00. The van der Waals surface area contributed by atoms with Crippen LogP contribution < -0.4 is 5.32 Å². The van der Waals surface area contributed by atoms with Crippen LogP contribution in [0.2, 0.25) is 0 Å². The van der Waals surface area contributed by atoms with Crippen LogP contribution in [-0.2, 0) is 0 Å². The molecule has 1 atom stereocenters. The van der Waals surface area contributed by atoms with E-state index < -0.39 is 6.09 Å². The van der Waals surface area contributed by atoms with E-state index in [9.17, 15) is 4.79 Å². The van der Waals surface area contributed by atoms with E-state index in [-0.39, 0.29) is 6.04 Å². The summed E-state index contributed by atoms with van der Waals surface area (Å²) < 4.78 is 0. The standard InChI is InChI=1S/C8H9NO2/c1-2-6-3-4-7(5-6)9-8(10)11/h1,5,7,9H,3-4H2,(H,10,11). The van der Waals surface area contributed by atoms with Gasteiger partial charge in [-0.05, 0) is 18.4 Å². The molecule has 0 aromatic rings. The number of nitrogens with one attached hydrogen (secondary N) is 1. The molecule has 3 nitrogen and oxygen atoms in total. The molecule has 2 N–H and O–H groups in total. The average molecular weight is 151 g/mol. The molecule has 1 unspecified atom stereocenters. The van der Waals surface area contributed by atoms with Crippen LogP contribution in [-0.4, -0.2) is 17.2 Å². The predicted octanol–water partition coefficient (Wildman–Crippen LogP) is 0.976. The van der Waals surface area contributed by atoms with Crippen molar-refractivity contribution in [2.75, 3.05) is 0 Å². The van der Waals surface area contributed by atoms with Crippen LogP contribution in [0.5, 0.6) is 0 Å². The minimum Gasteiger partial charge on any atom is -0.465 e. The second-order valence-corrected chi connectivity index (χ2v) is 2.43. The smallest absolute Gasteiger partial charge is 0.405 e. The second-order valence-electron chi connectivity index (χ2n) is 2.43. The Morgan fingerprint density at radius 3 is 3.09 bits per heavy atom. The second kappa shape index (κ2) is 3.11. The number of terminal acetylenes is 1. The maximum Gasteiger partial charge on any atom is 0.405 e. The van der Waals surface area contributed by atoms with Crippen LogP contribution in [0.3, 0.4) is 0 Å². The van der Waals surface area contributed by atoms with Crippen molar-refractivity contribution in [1.29, 1.82) is 0 Å². The number of carboxylic acid groups (broad SMARTS) is 1. The first kappa shape index (κ1) is 7.67. The van der Waals surface area contributed by atoms with Gasteiger partial charge in [-0.25, -0.2) is 4.79 Å². The largest absolute Gasteiger partial charge is 0.465 e. The van der Waals surface area contributed by atoms with E-state index in [1.54, 1.807) is 6.08 Å². The molecule has 0 radical (unpaired) electrons. The van der Waals surface area contributed by atoms with E-state index in [0.717, 1.165) is 18.4 Å². The van der Waals surface area contributed by atoms with Crippen molar-refractivity contribution in [3.05, 3.63) is 11.6 Å². The summed E-state index contributed by atoms with van der Waals surface area (Å²) in [5.41, 5.74) is 0.892.